The number of sulfonamides is 1. The first kappa shape index (κ1) is 45.1. The van der Waals surface area contributed by atoms with Gasteiger partial charge in [0.05, 0.1) is 33.2 Å². The van der Waals surface area contributed by atoms with Gasteiger partial charge in [0.15, 0.2) is 0 Å². The number of carbonyl (C=O) groups excluding carboxylic acids is 1. The van der Waals surface area contributed by atoms with Crippen molar-refractivity contribution < 1.29 is 28.0 Å². The molecule has 3 aliphatic carbocycles. The van der Waals surface area contributed by atoms with Crippen molar-refractivity contribution in [1.29, 1.82) is 0 Å². The largest absolute Gasteiger partial charge is 0.474 e. The lowest BCUT2D eigenvalue weighted by Gasteiger charge is -2.55. The monoisotopic (exact) mass is 948 g/mol. The molecule has 352 valence electrons. The molecule has 2 aromatic heterocycles. The number of carbonyl (C=O) groups is 1. The van der Waals surface area contributed by atoms with Crippen LogP contribution < -0.4 is 24.6 Å². The lowest BCUT2D eigenvalue weighted by Crippen LogP contribution is -2.53. The number of allylic oxidation sites excluding steroid dienone is 1. The first-order chi connectivity index (χ1) is 32.0. The van der Waals surface area contributed by atoms with Gasteiger partial charge in [0.25, 0.3) is 21.6 Å². The Hall–Kier alpha value is -5.68. The van der Waals surface area contributed by atoms with Crippen LogP contribution in [-0.2, 0) is 10.0 Å². The highest BCUT2D eigenvalue weighted by molar-refractivity contribution is 7.90. The Morgan fingerprint density at radius 2 is 1.75 bits per heavy atom. The van der Waals surface area contributed by atoms with Gasteiger partial charge in [-0.25, -0.2) is 13.1 Å². The molecule has 4 heterocycles. The first-order valence-corrected chi connectivity index (χ1v) is 25.1. The number of anilines is 4. The second-order valence-electron chi connectivity index (χ2n) is 20.2. The summed E-state index contributed by atoms with van der Waals surface area (Å²) >= 11 is 6.27. The molecule has 15 nitrogen and oxygen atoms in total. The zero-order valence-electron chi connectivity index (χ0n) is 38.1. The second kappa shape index (κ2) is 17.4. The molecule has 1 amide bonds. The maximum absolute atomic E-state index is 14.4. The van der Waals surface area contributed by atoms with Crippen molar-refractivity contribution in [1.82, 2.24) is 19.6 Å². The van der Waals surface area contributed by atoms with Crippen molar-refractivity contribution in [2.24, 2.45) is 23.2 Å². The van der Waals surface area contributed by atoms with Gasteiger partial charge in [-0.3, -0.25) is 19.8 Å². The smallest absolute Gasteiger partial charge is 0.293 e. The fourth-order valence-corrected chi connectivity index (χ4v) is 12.4. The summed E-state index contributed by atoms with van der Waals surface area (Å²) in [6.45, 7) is 11.7. The number of piperazine rings is 1. The number of benzene rings is 3. The van der Waals surface area contributed by atoms with Gasteiger partial charge in [0.2, 0.25) is 5.88 Å². The third-order valence-electron chi connectivity index (χ3n) is 14.8. The predicted octanol–water partition coefficient (Wildman–Crippen LogP) is 8.77. The third kappa shape index (κ3) is 9.20. The lowest BCUT2D eigenvalue weighted by molar-refractivity contribution is -0.384. The minimum absolute atomic E-state index is 0.104. The molecule has 3 aromatic carbocycles. The summed E-state index contributed by atoms with van der Waals surface area (Å²) < 4.78 is 36.2. The molecule has 2 atom stereocenters. The predicted molar refractivity (Wildman–Crippen MR) is 261 cm³/mol. The summed E-state index contributed by atoms with van der Waals surface area (Å²) in [5.41, 5.74) is 6.19. The standard InChI is InChI=1S/C50H57ClN8O7S/c1-49(2)14-12-33(40(28-49)31-4-6-36(51)7-5-31)30-56-16-18-57(19-17-56)37-8-10-39(43(24-37)58-20-21-66-48-45(58)23-32-13-15-52-46(32)54-48)47(60)55-67(64,65)38-9-11-42(44(25-38)59(62)63)53-29-41-34-22-35(41)27-50(3,61)26-34/h4-11,13,15,23-25,34-35,41,53,61H,12,14,16-22,26-30H2,1-3H3,(H,52,54)(H,55,60). The Morgan fingerprint density at radius 1 is 0.985 bits per heavy atom. The molecule has 2 aliphatic heterocycles. The molecule has 5 aromatic rings. The maximum atomic E-state index is 14.4. The summed E-state index contributed by atoms with van der Waals surface area (Å²) in [5, 5.41) is 27.6. The average molecular weight is 950 g/mol. The van der Waals surface area contributed by atoms with E-state index in [1.807, 2.05) is 48.2 Å². The lowest BCUT2D eigenvalue weighted by atomic mass is 9.53. The fraction of sp³-hybridized carbons (Fsp3) is 0.440. The second-order valence-corrected chi connectivity index (χ2v) is 22.3. The van der Waals surface area contributed by atoms with Gasteiger partial charge in [0.1, 0.15) is 23.6 Å². The molecule has 0 radical (unpaired) electrons. The number of pyridine rings is 1. The topological polar surface area (TPSA) is 186 Å². The average Bonchev–Trinajstić information content (AvgIpc) is 3.76. The number of nitro benzene ring substituents is 1. The van der Waals surface area contributed by atoms with E-state index < -0.39 is 37.0 Å². The number of halogens is 1. The molecule has 2 bridgehead atoms. The van der Waals surface area contributed by atoms with Crippen LogP contribution in [0.3, 0.4) is 0 Å². The minimum atomic E-state index is -4.58. The summed E-state index contributed by atoms with van der Waals surface area (Å²) in [5.74, 6) is 0.421. The van der Waals surface area contributed by atoms with E-state index in [1.54, 1.807) is 12.3 Å². The van der Waals surface area contributed by atoms with E-state index in [2.05, 4.69) is 50.8 Å². The normalized spacial score (nSPS) is 23.9. The van der Waals surface area contributed by atoms with Crippen molar-refractivity contribution in [2.45, 2.75) is 69.8 Å². The number of aromatic nitrogens is 2. The van der Waals surface area contributed by atoms with E-state index in [4.69, 9.17) is 21.3 Å². The zero-order valence-corrected chi connectivity index (χ0v) is 39.6. The summed E-state index contributed by atoms with van der Waals surface area (Å²) in [7, 11) is -4.58. The number of nitrogens with one attached hydrogen (secondary N) is 3. The van der Waals surface area contributed by atoms with E-state index in [0.717, 1.165) is 80.6 Å². The quantitative estimate of drug-likeness (QED) is 0.0689. The summed E-state index contributed by atoms with van der Waals surface area (Å²) in [6, 6.07) is 21.1. The number of hydrogen-bond acceptors (Lipinski definition) is 12. The SMILES string of the molecule is CC1(C)CCC(CN2CCN(c3ccc(C(=O)NS(=O)(=O)c4ccc(NCC5C6CC5CC(C)(O)C6)c([N+](=O)[O-])c4)c(N4CCOc5nc6[nH]ccc6cc54)c3)CC2)=C(c2ccc(Cl)cc2)C1. The number of H-pyrrole nitrogens is 1. The maximum Gasteiger partial charge on any atom is 0.293 e. The van der Waals surface area contributed by atoms with Crippen molar-refractivity contribution in [2.75, 3.05) is 67.5 Å². The zero-order chi connectivity index (χ0) is 46.8. The number of hydrogen-bond donors (Lipinski definition) is 4. The van der Waals surface area contributed by atoms with Gasteiger partial charge < -0.3 is 29.9 Å². The molecule has 1 saturated heterocycles. The van der Waals surface area contributed by atoms with Gasteiger partial charge in [-0.15, -0.1) is 0 Å². The highest BCUT2D eigenvalue weighted by atomic mass is 35.5. The van der Waals surface area contributed by atoms with Crippen LogP contribution in [0, 0.1) is 33.3 Å². The Bertz CT molecular complexity index is 2880. The van der Waals surface area contributed by atoms with Gasteiger partial charge in [0, 0.05) is 67.6 Å². The molecular formula is C50H57ClN8O7S. The van der Waals surface area contributed by atoms with Crippen LogP contribution >= 0.6 is 11.6 Å². The number of amides is 1. The molecule has 5 aliphatic rings. The van der Waals surface area contributed by atoms with Crippen LogP contribution in [0.25, 0.3) is 16.6 Å². The Kier molecular flexibility index (Phi) is 11.7. The molecule has 0 spiro atoms. The van der Waals surface area contributed by atoms with Crippen molar-refractivity contribution in [3.05, 3.63) is 111 Å². The number of aromatic amines is 1. The molecule has 2 saturated carbocycles. The number of ether oxygens (including phenoxy) is 1. The summed E-state index contributed by atoms with van der Waals surface area (Å²) in [4.78, 5) is 40.2. The van der Waals surface area contributed by atoms with E-state index in [0.29, 0.717) is 60.7 Å². The fourth-order valence-electron chi connectivity index (χ4n) is 11.3. The van der Waals surface area contributed by atoms with Gasteiger partial charge in [-0.05, 0) is 134 Å². The number of nitro groups is 1. The van der Waals surface area contributed by atoms with Crippen LogP contribution in [-0.4, -0.2) is 97.2 Å². The number of aliphatic hydroxyl groups is 1. The summed E-state index contributed by atoms with van der Waals surface area (Å²) in [6.07, 6.45) is 7.39. The highest BCUT2D eigenvalue weighted by Crippen LogP contribution is 2.54. The van der Waals surface area contributed by atoms with Gasteiger partial charge in [-0.2, -0.15) is 4.98 Å². The minimum Gasteiger partial charge on any atom is -0.474 e. The van der Waals surface area contributed by atoms with Crippen molar-refractivity contribution in [3.63, 3.8) is 0 Å². The van der Waals surface area contributed by atoms with E-state index in [-0.39, 0.29) is 29.2 Å². The Labute approximate surface area is 395 Å². The molecule has 67 heavy (non-hydrogen) atoms. The molecule has 4 N–H and O–H groups in total. The Balaban J connectivity index is 0.897. The van der Waals surface area contributed by atoms with E-state index in [9.17, 15) is 28.4 Å². The van der Waals surface area contributed by atoms with Crippen LogP contribution in [0.5, 0.6) is 5.88 Å². The number of nitrogens with zero attached hydrogens (tertiary/aromatic N) is 5. The van der Waals surface area contributed by atoms with Gasteiger partial charge >= 0.3 is 0 Å². The van der Waals surface area contributed by atoms with E-state index >= 15 is 0 Å². The molecule has 10 rings (SSSR count). The molecular weight excluding hydrogens is 892 g/mol. The number of fused-ring (bicyclic) bond motifs is 4. The first-order valence-electron chi connectivity index (χ1n) is 23.3. The Morgan fingerprint density at radius 3 is 2.49 bits per heavy atom. The van der Waals surface area contributed by atoms with Crippen LogP contribution in [0.4, 0.5) is 28.4 Å². The van der Waals surface area contributed by atoms with Crippen molar-refractivity contribution >= 4 is 72.6 Å². The molecule has 3 fully saturated rings. The molecule has 17 heteroatoms. The van der Waals surface area contributed by atoms with Crippen LogP contribution in [0.1, 0.15) is 75.2 Å². The third-order valence-corrected chi connectivity index (χ3v) is 16.4. The van der Waals surface area contributed by atoms with Crippen LogP contribution in [0.15, 0.2) is 89.5 Å². The van der Waals surface area contributed by atoms with Gasteiger partial charge in [-0.1, -0.05) is 43.2 Å². The van der Waals surface area contributed by atoms with Crippen molar-refractivity contribution in [3.8, 4) is 5.88 Å². The molecule has 2 unspecified atom stereocenters. The highest BCUT2D eigenvalue weighted by Gasteiger charge is 2.50. The number of rotatable bonds is 12. The van der Waals surface area contributed by atoms with Crippen LogP contribution in [0.2, 0.25) is 5.02 Å². The van der Waals surface area contributed by atoms with E-state index in [1.165, 1.54) is 28.8 Å².